The number of primary amides is 1. The highest BCUT2D eigenvalue weighted by molar-refractivity contribution is 7.80. The van der Waals surface area contributed by atoms with Gasteiger partial charge in [-0.1, -0.05) is 0 Å². The van der Waals surface area contributed by atoms with Crippen LogP contribution in [0.1, 0.15) is 13.3 Å². The molecule has 0 aliphatic heterocycles. The molecule has 0 saturated heterocycles. The normalized spacial score (nSPS) is 15.1. The Morgan fingerprint density at radius 3 is 1.96 bits per heavy atom. The number of carboxylic acids is 1. The van der Waals surface area contributed by atoms with Gasteiger partial charge in [-0.2, -0.15) is 12.6 Å². The number of aliphatic hydroxyl groups is 1. The summed E-state index contributed by atoms with van der Waals surface area (Å²) in [5.41, 5.74) is 10.5. The molecule has 4 unspecified atom stereocenters. The smallest absolute Gasteiger partial charge is 0.328 e. The van der Waals surface area contributed by atoms with E-state index in [9.17, 15) is 24.0 Å². The highest BCUT2D eigenvalue weighted by Crippen LogP contribution is 1.97. The molecule has 0 saturated carbocycles. The number of carbonyl (C=O) groups excluding carboxylic acids is 4. The van der Waals surface area contributed by atoms with Crippen LogP contribution in [0.5, 0.6) is 0 Å². The Labute approximate surface area is 154 Å². The number of aliphatic carboxylic acids is 1. The van der Waals surface area contributed by atoms with Crippen LogP contribution < -0.4 is 27.4 Å². The maximum atomic E-state index is 12.1. The summed E-state index contributed by atoms with van der Waals surface area (Å²) in [7, 11) is 0. The van der Waals surface area contributed by atoms with Crippen molar-refractivity contribution >= 4 is 42.2 Å². The zero-order valence-electron chi connectivity index (χ0n) is 14.0. The molecule has 0 radical (unpaired) electrons. The Balaban J connectivity index is 5.00. The lowest BCUT2D eigenvalue weighted by Crippen LogP contribution is -2.57. The van der Waals surface area contributed by atoms with Crippen LogP contribution in [0, 0.1) is 0 Å². The largest absolute Gasteiger partial charge is 0.480 e. The summed E-state index contributed by atoms with van der Waals surface area (Å²) in [6.45, 7) is 0.415. The van der Waals surface area contributed by atoms with Crippen LogP contribution >= 0.6 is 12.6 Å². The number of nitrogens with two attached hydrogens (primary N) is 2. The van der Waals surface area contributed by atoms with Crippen molar-refractivity contribution in [1.82, 2.24) is 16.0 Å². The van der Waals surface area contributed by atoms with Crippen molar-refractivity contribution in [3.63, 3.8) is 0 Å². The van der Waals surface area contributed by atoms with Gasteiger partial charge in [0.1, 0.15) is 18.1 Å². The quantitative estimate of drug-likeness (QED) is 0.160. The molecule has 0 heterocycles. The average Bonchev–Trinajstić information content (AvgIpc) is 2.56. The fourth-order valence-corrected chi connectivity index (χ4v) is 1.80. The summed E-state index contributed by atoms with van der Waals surface area (Å²) in [6, 6.07) is -5.17. The van der Waals surface area contributed by atoms with Gasteiger partial charge in [0.25, 0.3) is 0 Å². The van der Waals surface area contributed by atoms with E-state index in [1.54, 1.807) is 0 Å². The van der Waals surface area contributed by atoms with Crippen LogP contribution in [0.4, 0.5) is 0 Å². The highest BCUT2D eigenvalue weighted by atomic mass is 32.1. The summed E-state index contributed by atoms with van der Waals surface area (Å²) in [5, 5.41) is 24.1. The number of rotatable bonds is 11. The molecule has 0 aromatic carbocycles. The first-order chi connectivity index (χ1) is 12.0. The maximum absolute atomic E-state index is 12.1. The predicted octanol–water partition coefficient (Wildman–Crippen LogP) is -4.33. The molecule has 4 atom stereocenters. The third-order valence-electron chi connectivity index (χ3n) is 3.12. The van der Waals surface area contributed by atoms with Crippen molar-refractivity contribution < 1.29 is 34.2 Å². The number of thiol groups is 1. The van der Waals surface area contributed by atoms with Crippen molar-refractivity contribution in [1.29, 1.82) is 0 Å². The van der Waals surface area contributed by atoms with E-state index in [0.29, 0.717) is 0 Å². The lowest BCUT2D eigenvalue weighted by molar-refractivity contribution is -0.143. The first-order valence-corrected chi connectivity index (χ1v) is 8.06. The SMILES string of the molecule is CC(NC(=O)C(N)CS)C(=O)NC(CC(N)=O)C(=O)NC(CO)C(=O)O. The third-order valence-corrected chi connectivity index (χ3v) is 3.51. The fourth-order valence-electron chi connectivity index (χ4n) is 1.63. The van der Waals surface area contributed by atoms with Gasteiger partial charge in [0.05, 0.1) is 19.1 Å². The second-order valence-electron chi connectivity index (χ2n) is 5.33. The molecule has 9 N–H and O–H groups in total. The molecule has 0 aromatic rings. The van der Waals surface area contributed by atoms with Crippen molar-refractivity contribution in [3.8, 4) is 0 Å². The van der Waals surface area contributed by atoms with Crippen LogP contribution in [-0.4, -0.2) is 76.3 Å². The zero-order chi connectivity index (χ0) is 20.4. The van der Waals surface area contributed by atoms with Crippen LogP contribution in [-0.2, 0) is 24.0 Å². The zero-order valence-corrected chi connectivity index (χ0v) is 14.9. The monoisotopic (exact) mass is 393 g/mol. The second kappa shape index (κ2) is 11.3. The van der Waals surface area contributed by atoms with Gasteiger partial charge in [-0.25, -0.2) is 4.79 Å². The number of carbonyl (C=O) groups is 5. The van der Waals surface area contributed by atoms with E-state index >= 15 is 0 Å². The minimum atomic E-state index is -1.62. The number of amides is 4. The molecule has 26 heavy (non-hydrogen) atoms. The summed E-state index contributed by atoms with van der Waals surface area (Å²) >= 11 is 3.85. The average molecular weight is 393 g/mol. The standard InChI is InChI=1S/C13H23N5O7S/c1-5(16-11(22)6(14)4-26)10(21)17-7(2-9(15)20)12(23)18-8(3-19)13(24)25/h5-8,19,26H,2-4,14H2,1H3,(H2,15,20)(H,16,22)(H,17,21)(H,18,23)(H,24,25). The maximum Gasteiger partial charge on any atom is 0.328 e. The van der Waals surface area contributed by atoms with E-state index in [0.717, 1.165) is 0 Å². The predicted molar refractivity (Wildman–Crippen MR) is 91.8 cm³/mol. The van der Waals surface area contributed by atoms with Gasteiger partial charge in [-0.05, 0) is 6.92 Å². The van der Waals surface area contributed by atoms with E-state index in [2.05, 4.69) is 23.3 Å². The van der Waals surface area contributed by atoms with Crippen molar-refractivity contribution in [2.45, 2.75) is 37.5 Å². The highest BCUT2D eigenvalue weighted by Gasteiger charge is 2.29. The lowest BCUT2D eigenvalue weighted by atomic mass is 10.1. The van der Waals surface area contributed by atoms with E-state index in [4.69, 9.17) is 21.7 Å². The fraction of sp³-hybridized carbons (Fsp3) is 0.615. The molecule has 148 valence electrons. The van der Waals surface area contributed by atoms with Crippen molar-refractivity contribution in [2.24, 2.45) is 11.5 Å². The number of hydrogen-bond donors (Lipinski definition) is 8. The van der Waals surface area contributed by atoms with Crippen LogP contribution in [0.15, 0.2) is 0 Å². The Morgan fingerprint density at radius 1 is 1.00 bits per heavy atom. The van der Waals surface area contributed by atoms with E-state index < -0.39 is 66.8 Å². The summed E-state index contributed by atoms with van der Waals surface area (Å²) in [6.07, 6.45) is -0.619. The molecule has 0 aliphatic carbocycles. The topological polar surface area (TPSA) is 214 Å². The summed E-state index contributed by atoms with van der Waals surface area (Å²) in [5.74, 6) is -4.91. The third kappa shape index (κ3) is 8.13. The van der Waals surface area contributed by atoms with Gasteiger partial charge >= 0.3 is 5.97 Å². The molecule has 0 aromatic heterocycles. The van der Waals surface area contributed by atoms with Crippen LogP contribution in [0.25, 0.3) is 0 Å². The molecule has 0 spiro atoms. The molecule has 0 aliphatic rings. The van der Waals surface area contributed by atoms with Gasteiger partial charge in [-0.15, -0.1) is 0 Å². The number of aliphatic hydroxyl groups excluding tert-OH is 1. The minimum absolute atomic E-state index is 0.0462. The van der Waals surface area contributed by atoms with Gasteiger partial charge in [0.15, 0.2) is 0 Å². The molecule has 13 heteroatoms. The first-order valence-electron chi connectivity index (χ1n) is 7.43. The van der Waals surface area contributed by atoms with Gasteiger partial charge in [-0.3, -0.25) is 19.2 Å². The molecular formula is C13H23N5O7S. The first kappa shape index (κ1) is 23.6. The minimum Gasteiger partial charge on any atom is -0.480 e. The molecule has 0 rings (SSSR count). The molecule has 4 amide bonds. The summed E-state index contributed by atoms with van der Waals surface area (Å²) in [4.78, 5) is 57.7. The summed E-state index contributed by atoms with van der Waals surface area (Å²) < 4.78 is 0. The van der Waals surface area contributed by atoms with Gasteiger partial charge in [0, 0.05) is 5.75 Å². The Morgan fingerprint density at radius 2 is 1.54 bits per heavy atom. The van der Waals surface area contributed by atoms with Crippen LogP contribution in [0.2, 0.25) is 0 Å². The Hall–Kier alpha value is -2.38. The Kier molecular flexibility index (Phi) is 10.2. The molecule has 0 fully saturated rings. The van der Waals surface area contributed by atoms with Crippen LogP contribution in [0.3, 0.4) is 0 Å². The lowest BCUT2D eigenvalue weighted by Gasteiger charge is -2.22. The van der Waals surface area contributed by atoms with Gasteiger partial charge < -0.3 is 37.6 Å². The second-order valence-corrected chi connectivity index (χ2v) is 5.70. The van der Waals surface area contributed by atoms with Crippen molar-refractivity contribution in [2.75, 3.05) is 12.4 Å². The molecular weight excluding hydrogens is 370 g/mol. The molecule has 12 nitrogen and oxygen atoms in total. The Bertz CT molecular complexity index is 559. The number of hydrogen-bond acceptors (Lipinski definition) is 8. The van der Waals surface area contributed by atoms with E-state index in [1.807, 2.05) is 5.32 Å². The van der Waals surface area contributed by atoms with Crippen molar-refractivity contribution in [3.05, 3.63) is 0 Å². The molecule has 0 bridgehead atoms. The van der Waals surface area contributed by atoms with E-state index in [-0.39, 0.29) is 5.75 Å². The van der Waals surface area contributed by atoms with E-state index in [1.165, 1.54) is 6.92 Å². The number of nitrogens with one attached hydrogen (secondary N) is 3. The van der Waals surface area contributed by atoms with Gasteiger partial charge in [0.2, 0.25) is 23.6 Å². The number of carboxylic acid groups (broad SMARTS) is 1.